The van der Waals surface area contributed by atoms with Gasteiger partial charge in [-0.3, -0.25) is 9.59 Å². The van der Waals surface area contributed by atoms with E-state index < -0.39 is 0 Å². The van der Waals surface area contributed by atoms with Gasteiger partial charge in [0.05, 0.1) is 18.4 Å². The molecule has 8 nitrogen and oxygen atoms in total. The summed E-state index contributed by atoms with van der Waals surface area (Å²) in [6.07, 6.45) is 2.02. The standard InChI is InChI=1S/C23H23N5O3/c1-16-7-9-18(10-8-16)31-14-13-24-21(29)12-11-20-26-22-19(23(30)27-20)15-25-28(22)17-5-3-2-4-6-17/h2-10,15H,11-14H2,1H3,(H,24,29)(H,26,27,30). The van der Waals surface area contributed by atoms with Gasteiger partial charge >= 0.3 is 0 Å². The Morgan fingerprint density at radius 3 is 2.68 bits per heavy atom. The van der Waals surface area contributed by atoms with E-state index in [2.05, 4.69) is 20.4 Å². The average Bonchev–Trinajstić information content (AvgIpc) is 3.22. The lowest BCUT2D eigenvalue weighted by Crippen LogP contribution is -2.28. The number of carbonyl (C=O) groups is 1. The summed E-state index contributed by atoms with van der Waals surface area (Å²) in [4.78, 5) is 31.8. The van der Waals surface area contributed by atoms with Crippen LogP contribution in [-0.4, -0.2) is 38.8 Å². The normalized spacial score (nSPS) is 10.9. The van der Waals surface area contributed by atoms with Crippen molar-refractivity contribution in [3.8, 4) is 11.4 Å². The molecule has 4 aromatic rings. The maximum absolute atomic E-state index is 12.4. The molecule has 0 spiro atoms. The molecular formula is C23H23N5O3. The molecule has 0 aliphatic rings. The van der Waals surface area contributed by atoms with Gasteiger partial charge in [-0.2, -0.15) is 5.10 Å². The number of hydrogen-bond acceptors (Lipinski definition) is 5. The number of nitrogens with one attached hydrogen (secondary N) is 2. The van der Waals surface area contributed by atoms with Crippen molar-refractivity contribution < 1.29 is 9.53 Å². The molecule has 0 fully saturated rings. The van der Waals surface area contributed by atoms with E-state index in [-0.39, 0.29) is 17.9 Å². The van der Waals surface area contributed by atoms with Gasteiger partial charge in [-0.15, -0.1) is 0 Å². The van der Waals surface area contributed by atoms with E-state index in [9.17, 15) is 9.59 Å². The van der Waals surface area contributed by atoms with Crippen LogP contribution < -0.4 is 15.6 Å². The van der Waals surface area contributed by atoms with Crippen LogP contribution in [0.1, 0.15) is 17.8 Å². The number of benzene rings is 2. The average molecular weight is 417 g/mol. The molecule has 2 aromatic carbocycles. The molecule has 1 amide bonds. The SMILES string of the molecule is Cc1ccc(OCCNC(=O)CCc2nc3c(cnn3-c3ccccc3)c(=O)[nH]2)cc1. The number of H-pyrrole nitrogens is 1. The fourth-order valence-corrected chi connectivity index (χ4v) is 3.15. The van der Waals surface area contributed by atoms with E-state index >= 15 is 0 Å². The minimum Gasteiger partial charge on any atom is -0.492 e. The molecular weight excluding hydrogens is 394 g/mol. The van der Waals surface area contributed by atoms with Crippen LogP contribution in [0.15, 0.2) is 65.6 Å². The molecule has 2 heterocycles. The first-order valence-corrected chi connectivity index (χ1v) is 10.1. The highest BCUT2D eigenvalue weighted by Gasteiger charge is 2.12. The monoisotopic (exact) mass is 417 g/mol. The van der Waals surface area contributed by atoms with Crippen molar-refractivity contribution in [3.05, 3.63) is 82.5 Å². The molecule has 2 aromatic heterocycles. The lowest BCUT2D eigenvalue weighted by atomic mass is 10.2. The molecule has 0 radical (unpaired) electrons. The lowest BCUT2D eigenvalue weighted by Gasteiger charge is -2.08. The summed E-state index contributed by atoms with van der Waals surface area (Å²) in [6, 6.07) is 17.2. The van der Waals surface area contributed by atoms with Gasteiger partial charge in [0.1, 0.15) is 23.6 Å². The Morgan fingerprint density at radius 2 is 1.90 bits per heavy atom. The van der Waals surface area contributed by atoms with Gasteiger partial charge < -0.3 is 15.0 Å². The van der Waals surface area contributed by atoms with E-state index in [1.807, 2.05) is 61.5 Å². The molecule has 31 heavy (non-hydrogen) atoms. The van der Waals surface area contributed by atoms with E-state index in [0.717, 1.165) is 17.0 Å². The summed E-state index contributed by atoms with van der Waals surface area (Å²) in [5, 5.41) is 7.51. The van der Waals surface area contributed by atoms with Gasteiger partial charge in [0.15, 0.2) is 5.65 Å². The van der Waals surface area contributed by atoms with Crippen LogP contribution >= 0.6 is 0 Å². The van der Waals surface area contributed by atoms with E-state index in [4.69, 9.17) is 4.74 Å². The molecule has 8 heteroatoms. The number of nitrogens with zero attached hydrogens (tertiary/aromatic N) is 3. The van der Waals surface area contributed by atoms with E-state index in [1.165, 1.54) is 6.20 Å². The summed E-state index contributed by atoms with van der Waals surface area (Å²) in [5.74, 6) is 1.08. The number of aryl methyl sites for hydroxylation is 2. The number of carbonyl (C=O) groups excluding carboxylic acids is 1. The molecule has 0 aliphatic heterocycles. The third kappa shape index (κ3) is 4.98. The summed E-state index contributed by atoms with van der Waals surface area (Å²) in [6.45, 7) is 2.79. The maximum Gasteiger partial charge on any atom is 0.262 e. The van der Waals surface area contributed by atoms with Crippen molar-refractivity contribution in [2.24, 2.45) is 0 Å². The molecule has 0 unspecified atom stereocenters. The number of hydrogen-bond donors (Lipinski definition) is 2. The number of para-hydroxylation sites is 1. The molecule has 2 N–H and O–H groups in total. The predicted octanol–water partition coefficient (Wildman–Crippen LogP) is 2.55. The quantitative estimate of drug-likeness (QED) is 0.429. The molecule has 0 atom stereocenters. The molecule has 0 saturated heterocycles. The van der Waals surface area contributed by atoms with Crippen molar-refractivity contribution in [1.82, 2.24) is 25.1 Å². The van der Waals surface area contributed by atoms with Crippen molar-refractivity contribution >= 4 is 16.9 Å². The second-order valence-corrected chi connectivity index (χ2v) is 7.15. The van der Waals surface area contributed by atoms with Crippen LogP contribution in [0.4, 0.5) is 0 Å². The highest BCUT2D eigenvalue weighted by Crippen LogP contribution is 2.14. The number of aromatic nitrogens is 4. The first kappa shape index (κ1) is 20.3. The van der Waals surface area contributed by atoms with Gasteiger partial charge in [0, 0.05) is 12.8 Å². The Kier molecular flexibility index (Phi) is 6.07. The molecule has 0 aliphatic carbocycles. The van der Waals surface area contributed by atoms with Crippen LogP contribution in [0.2, 0.25) is 0 Å². The van der Waals surface area contributed by atoms with Gasteiger partial charge in [-0.25, -0.2) is 9.67 Å². The zero-order chi connectivity index (χ0) is 21.6. The third-order valence-electron chi connectivity index (χ3n) is 4.79. The second kappa shape index (κ2) is 9.25. The number of ether oxygens (including phenoxy) is 1. The summed E-state index contributed by atoms with van der Waals surface area (Å²) in [5.41, 5.74) is 2.18. The Bertz CT molecular complexity index is 1230. The lowest BCUT2D eigenvalue weighted by molar-refractivity contribution is -0.121. The number of amides is 1. The fourth-order valence-electron chi connectivity index (χ4n) is 3.15. The van der Waals surface area contributed by atoms with Crippen LogP contribution in [0.5, 0.6) is 5.75 Å². The first-order valence-electron chi connectivity index (χ1n) is 10.1. The predicted molar refractivity (Wildman–Crippen MR) is 117 cm³/mol. The van der Waals surface area contributed by atoms with Crippen molar-refractivity contribution in [2.75, 3.05) is 13.2 Å². The third-order valence-corrected chi connectivity index (χ3v) is 4.79. The smallest absolute Gasteiger partial charge is 0.262 e. The second-order valence-electron chi connectivity index (χ2n) is 7.15. The van der Waals surface area contributed by atoms with Crippen LogP contribution in [0.25, 0.3) is 16.7 Å². The first-order chi connectivity index (χ1) is 15.1. The topological polar surface area (TPSA) is 102 Å². The zero-order valence-electron chi connectivity index (χ0n) is 17.2. The summed E-state index contributed by atoms with van der Waals surface area (Å²) in [7, 11) is 0. The number of fused-ring (bicyclic) bond motifs is 1. The van der Waals surface area contributed by atoms with Crippen LogP contribution in [-0.2, 0) is 11.2 Å². The Labute approximate surface area is 178 Å². The van der Waals surface area contributed by atoms with Gasteiger partial charge in [0.25, 0.3) is 5.56 Å². The van der Waals surface area contributed by atoms with Gasteiger partial charge in [-0.05, 0) is 31.2 Å². The van der Waals surface area contributed by atoms with Crippen molar-refractivity contribution in [3.63, 3.8) is 0 Å². The molecule has 0 bridgehead atoms. The Hall–Kier alpha value is -3.94. The largest absolute Gasteiger partial charge is 0.492 e. The summed E-state index contributed by atoms with van der Waals surface area (Å²) >= 11 is 0. The minimum atomic E-state index is -0.269. The van der Waals surface area contributed by atoms with Gasteiger partial charge in [-0.1, -0.05) is 35.9 Å². The maximum atomic E-state index is 12.4. The highest BCUT2D eigenvalue weighted by molar-refractivity contribution is 5.77. The van der Waals surface area contributed by atoms with Crippen molar-refractivity contribution in [2.45, 2.75) is 19.8 Å². The van der Waals surface area contributed by atoms with Crippen molar-refractivity contribution in [1.29, 1.82) is 0 Å². The summed E-state index contributed by atoms with van der Waals surface area (Å²) < 4.78 is 7.22. The minimum absolute atomic E-state index is 0.133. The van der Waals surface area contributed by atoms with Crippen LogP contribution in [0.3, 0.4) is 0 Å². The van der Waals surface area contributed by atoms with E-state index in [1.54, 1.807) is 4.68 Å². The molecule has 4 rings (SSSR count). The molecule has 158 valence electrons. The Balaban J connectivity index is 1.33. The number of rotatable bonds is 8. The zero-order valence-corrected chi connectivity index (χ0v) is 17.2. The van der Waals surface area contributed by atoms with Gasteiger partial charge in [0.2, 0.25) is 5.91 Å². The van der Waals surface area contributed by atoms with E-state index in [0.29, 0.717) is 36.4 Å². The Morgan fingerprint density at radius 1 is 1.13 bits per heavy atom. The highest BCUT2D eigenvalue weighted by atomic mass is 16.5. The molecule has 0 saturated carbocycles. The van der Waals surface area contributed by atoms with Crippen LogP contribution in [0, 0.1) is 6.92 Å². The fraction of sp³-hybridized carbons (Fsp3) is 0.217. The number of aromatic amines is 1.